The van der Waals surface area contributed by atoms with E-state index in [4.69, 9.17) is 17.5 Å². The van der Waals surface area contributed by atoms with Crippen LogP contribution in [0.3, 0.4) is 0 Å². The molecular formula is C7H8ClNOS. The smallest absolute Gasteiger partial charge is 0.0565 e. The third-order valence-electron chi connectivity index (χ3n) is 1.22. The monoisotopic (exact) mass is 189 g/mol. The van der Waals surface area contributed by atoms with Crippen LogP contribution in [0.4, 0.5) is 0 Å². The van der Waals surface area contributed by atoms with Gasteiger partial charge in [-0.1, -0.05) is 17.7 Å². The Kier molecular flexibility index (Phi) is 3.20. The van der Waals surface area contributed by atoms with Crippen molar-refractivity contribution in [2.24, 2.45) is 5.90 Å². The van der Waals surface area contributed by atoms with Gasteiger partial charge in [0, 0.05) is 0 Å². The average molecular weight is 190 g/mol. The van der Waals surface area contributed by atoms with Crippen molar-refractivity contribution >= 4 is 23.6 Å². The highest BCUT2D eigenvalue weighted by Crippen LogP contribution is 2.27. The van der Waals surface area contributed by atoms with E-state index in [1.54, 1.807) is 0 Å². The maximum absolute atomic E-state index is 5.82. The fraction of sp³-hybridized carbons (Fsp3) is 0.143. The maximum atomic E-state index is 5.82. The molecule has 11 heavy (non-hydrogen) atoms. The van der Waals surface area contributed by atoms with Gasteiger partial charge in [-0.3, -0.25) is 0 Å². The molecule has 0 bridgehead atoms. The highest BCUT2D eigenvalue weighted by atomic mass is 35.5. The molecule has 0 spiro atoms. The predicted octanol–water partition coefficient (Wildman–Crippen LogP) is 2.55. The quantitative estimate of drug-likeness (QED) is 0.574. The van der Waals surface area contributed by atoms with Crippen LogP contribution in [0.15, 0.2) is 23.1 Å². The molecular weight excluding hydrogens is 182 g/mol. The lowest BCUT2D eigenvalue weighted by molar-refractivity contribution is 0.398. The van der Waals surface area contributed by atoms with E-state index in [2.05, 4.69) is 4.28 Å². The third-order valence-corrected chi connectivity index (χ3v) is 2.28. The Morgan fingerprint density at radius 1 is 1.55 bits per heavy atom. The van der Waals surface area contributed by atoms with Crippen LogP contribution in [0.25, 0.3) is 0 Å². The van der Waals surface area contributed by atoms with E-state index in [0.29, 0.717) is 5.02 Å². The van der Waals surface area contributed by atoms with Crippen LogP contribution in [-0.4, -0.2) is 0 Å². The van der Waals surface area contributed by atoms with Gasteiger partial charge in [-0.2, -0.15) is 0 Å². The highest BCUT2D eigenvalue weighted by molar-refractivity contribution is 7.94. The molecule has 0 atom stereocenters. The number of nitrogens with two attached hydrogens (primary N) is 1. The van der Waals surface area contributed by atoms with Gasteiger partial charge in [0.1, 0.15) is 0 Å². The summed E-state index contributed by atoms with van der Waals surface area (Å²) < 4.78 is 4.40. The Morgan fingerprint density at radius 2 is 2.27 bits per heavy atom. The molecule has 60 valence electrons. The molecule has 0 aliphatic rings. The van der Waals surface area contributed by atoms with Gasteiger partial charge in [-0.25, -0.2) is 10.2 Å². The summed E-state index contributed by atoms with van der Waals surface area (Å²) in [6, 6.07) is 5.67. The van der Waals surface area contributed by atoms with Crippen LogP contribution in [0.5, 0.6) is 0 Å². The lowest BCUT2D eigenvalue weighted by Crippen LogP contribution is -1.88. The Balaban J connectivity index is 2.93. The second-order valence-electron chi connectivity index (χ2n) is 2.11. The molecule has 1 aromatic carbocycles. The van der Waals surface area contributed by atoms with Crippen LogP contribution in [0, 0.1) is 6.92 Å². The number of aryl methyl sites for hydroxylation is 1. The van der Waals surface area contributed by atoms with E-state index < -0.39 is 0 Å². The van der Waals surface area contributed by atoms with Crippen LogP contribution in [0.1, 0.15) is 5.56 Å². The van der Waals surface area contributed by atoms with Gasteiger partial charge in [-0.05, 0) is 24.6 Å². The molecule has 0 saturated heterocycles. The van der Waals surface area contributed by atoms with Crippen LogP contribution in [0.2, 0.25) is 5.02 Å². The predicted molar refractivity (Wildman–Crippen MR) is 47.3 cm³/mol. The summed E-state index contributed by atoms with van der Waals surface area (Å²) in [5.41, 5.74) is 1.13. The van der Waals surface area contributed by atoms with Crippen molar-refractivity contribution in [1.29, 1.82) is 0 Å². The van der Waals surface area contributed by atoms with Crippen molar-refractivity contribution in [3.63, 3.8) is 0 Å². The van der Waals surface area contributed by atoms with Crippen molar-refractivity contribution in [2.45, 2.75) is 11.8 Å². The number of halogens is 1. The number of benzene rings is 1. The fourth-order valence-corrected chi connectivity index (χ4v) is 1.42. The number of hydrogen-bond acceptors (Lipinski definition) is 3. The van der Waals surface area contributed by atoms with Gasteiger partial charge in [0.15, 0.2) is 0 Å². The van der Waals surface area contributed by atoms with Crippen molar-refractivity contribution in [3.8, 4) is 0 Å². The summed E-state index contributed by atoms with van der Waals surface area (Å²) in [4.78, 5) is 0.842. The van der Waals surface area contributed by atoms with Gasteiger partial charge in [0.05, 0.1) is 22.0 Å². The molecule has 4 heteroatoms. The van der Waals surface area contributed by atoms with Crippen molar-refractivity contribution in [1.82, 2.24) is 0 Å². The third kappa shape index (κ3) is 2.38. The average Bonchev–Trinajstić information content (AvgIpc) is 1.98. The lowest BCUT2D eigenvalue weighted by atomic mass is 10.2. The summed E-state index contributed by atoms with van der Waals surface area (Å²) in [6.07, 6.45) is 0. The SMILES string of the molecule is Cc1ccc(Cl)c(SON)c1. The van der Waals surface area contributed by atoms with Gasteiger partial charge in [-0.15, -0.1) is 0 Å². The number of hydrogen-bond donors (Lipinski definition) is 1. The minimum absolute atomic E-state index is 0.658. The van der Waals surface area contributed by atoms with E-state index in [1.165, 1.54) is 0 Å². The standard InChI is InChI=1S/C7H8ClNOS/c1-5-2-3-6(8)7(4-5)11-10-9/h2-4H,9H2,1H3. The van der Waals surface area contributed by atoms with E-state index in [-0.39, 0.29) is 0 Å². The zero-order chi connectivity index (χ0) is 8.27. The van der Waals surface area contributed by atoms with E-state index in [9.17, 15) is 0 Å². The van der Waals surface area contributed by atoms with Crippen molar-refractivity contribution in [2.75, 3.05) is 0 Å². The first-order valence-electron chi connectivity index (χ1n) is 3.03. The summed E-state index contributed by atoms with van der Waals surface area (Å²) >= 11 is 6.88. The minimum atomic E-state index is 0.658. The van der Waals surface area contributed by atoms with Gasteiger partial charge >= 0.3 is 0 Å². The molecule has 0 aliphatic heterocycles. The summed E-state index contributed by atoms with van der Waals surface area (Å²) in [5, 5.41) is 0.658. The normalized spacial score (nSPS) is 10.1. The molecule has 1 rings (SSSR count). The lowest BCUT2D eigenvalue weighted by Gasteiger charge is -2.00. The molecule has 0 radical (unpaired) electrons. The Labute approximate surface area is 74.8 Å². The maximum Gasteiger partial charge on any atom is 0.0565 e. The largest absolute Gasteiger partial charge is 0.229 e. The van der Waals surface area contributed by atoms with Gasteiger partial charge in [0.2, 0.25) is 0 Å². The minimum Gasteiger partial charge on any atom is -0.229 e. The molecule has 0 fully saturated rings. The molecule has 0 aromatic heterocycles. The Morgan fingerprint density at radius 3 is 2.91 bits per heavy atom. The van der Waals surface area contributed by atoms with E-state index in [1.807, 2.05) is 25.1 Å². The molecule has 1 aromatic rings. The first-order valence-corrected chi connectivity index (χ1v) is 4.15. The highest BCUT2D eigenvalue weighted by Gasteiger charge is 2.00. The Bertz CT molecular complexity index is 254. The second-order valence-corrected chi connectivity index (χ2v) is 3.32. The van der Waals surface area contributed by atoms with Crippen LogP contribution in [-0.2, 0) is 4.28 Å². The van der Waals surface area contributed by atoms with Crippen LogP contribution >= 0.6 is 23.6 Å². The molecule has 2 nitrogen and oxygen atoms in total. The Hall–Kier alpha value is -0.220. The molecule has 0 amide bonds. The molecule has 0 saturated carbocycles. The first kappa shape index (κ1) is 8.87. The van der Waals surface area contributed by atoms with Crippen molar-refractivity contribution in [3.05, 3.63) is 28.8 Å². The zero-order valence-electron chi connectivity index (χ0n) is 6.00. The summed E-state index contributed by atoms with van der Waals surface area (Å²) in [5.74, 6) is 4.88. The first-order chi connectivity index (χ1) is 5.24. The summed E-state index contributed by atoms with van der Waals surface area (Å²) in [6.45, 7) is 1.98. The summed E-state index contributed by atoms with van der Waals surface area (Å²) in [7, 11) is 0. The number of rotatable bonds is 2. The zero-order valence-corrected chi connectivity index (χ0v) is 7.58. The topological polar surface area (TPSA) is 35.2 Å². The molecule has 2 N–H and O–H groups in total. The van der Waals surface area contributed by atoms with Gasteiger partial charge in [0.25, 0.3) is 0 Å². The van der Waals surface area contributed by atoms with Crippen LogP contribution < -0.4 is 5.90 Å². The fourth-order valence-electron chi connectivity index (χ4n) is 0.726. The molecule has 0 heterocycles. The second kappa shape index (κ2) is 3.97. The van der Waals surface area contributed by atoms with E-state index >= 15 is 0 Å². The van der Waals surface area contributed by atoms with E-state index in [0.717, 1.165) is 22.5 Å². The van der Waals surface area contributed by atoms with Gasteiger partial charge < -0.3 is 0 Å². The van der Waals surface area contributed by atoms with Crippen molar-refractivity contribution < 1.29 is 4.28 Å². The molecule has 0 aliphatic carbocycles. The molecule has 0 unspecified atom stereocenters.